The molecule has 11 nitrogen and oxygen atoms in total. The highest BCUT2D eigenvalue weighted by Crippen LogP contribution is 2.19. The van der Waals surface area contributed by atoms with Crippen LogP contribution in [-0.4, -0.2) is 54.1 Å². The molecule has 1 fully saturated rings. The van der Waals surface area contributed by atoms with Gasteiger partial charge in [-0.3, -0.25) is 14.4 Å². The second-order valence-corrected chi connectivity index (χ2v) is 9.49. The number of esters is 1. The summed E-state index contributed by atoms with van der Waals surface area (Å²) >= 11 is 0. The van der Waals surface area contributed by atoms with Gasteiger partial charge < -0.3 is 25.2 Å². The summed E-state index contributed by atoms with van der Waals surface area (Å²) in [6, 6.07) is 6.61. The van der Waals surface area contributed by atoms with Gasteiger partial charge >= 0.3 is 5.97 Å². The van der Waals surface area contributed by atoms with E-state index < -0.39 is 41.6 Å². The molecule has 2 heterocycles. The van der Waals surface area contributed by atoms with Crippen molar-refractivity contribution in [2.24, 2.45) is 5.92 Å². The number of carbonyl (C=O) groups is 4. The van der Waals surface area contributed by atoms with Crippen LogP contribution in [0.4, 0.5) is 4.39 Å². The number of piperidine rings is 1. The number of hydrogen-bond donors (Lipinski definition) is 3. The summed E-state index contributed by atoms with van der Waals surface area (Å²) in [4.78, 5) is 51.3. The van der Waals surface area contributed by atoms with Crippen molar-refractivity contribution in [3.8, 4) is 6.07 Å². The third-order valence-electron chi connectivity index (χ3n) is 6.25. The molecule has 3 atom stereocenters. The van der Waals surface area contributed by atoms with Crippen molar-refractivity contribution < 1.29 is 32.8 Å². The first-order chi connectivity index (χ1) is 19.2. The molecule has 0 bridgehead atoms. The van der Waals surface area contributed by atoms with Crippen molar-refractivity contribution in [1.29, 1.82) is 5.26 Å². The Balaban J connectivity index is 1.87. The lowest BCUT2D eigenvalue weighted by Gasteiger charge is -2.27. The van der Waals surface area contributed by atoms with Gasteiger partial charge in [0.25, 0.3) is 5.91 Å². The van der Waals surface area contributed by atoms with Gasteiger partial charge in [0.05, 0.1) is 6.61 Å². The molecule has 2 aromatic rings. The Morgan fingerprint density at radius 1 is 1.30 bits per heavy atom. The summed E-state index contributed by atoms with van der Waals surface area (Å²) in [5.74, 6) is -2.86. The monoisotopic (exact) mass is 553 g/mol. The summed E-state index contributed by atoms with van der Waals surface area (Å²) < 4.78 is 23.5. The average Bonchev–Trinajstić information content (AvgIpc) is 3.38. The fraction of sp³-hybridized carbons (Fsp3) is 0.429. The van der Waals surface area contributed by atoms with Gasteiger partial charge in [0.1, 0.15) is 29.3 Å². The Labute approximate surface area is 231 Å². The van der Waals surface area contributed by atoms with E-state index in [-0.39, 0.29) is 36.6 Å². The smallest absolute Gasteiger partial charge is 0.348 e. The van der Waals surface area contributed by atoms with Gasteiger partial charge in [-0.15, -0.1) is 0 Å². The van der Waals surface area contributed by atoms with Gasteiger partial charge in [-0.05, 0) is 56.4 Å². The van der Waals surface area contributed by atoms with Crippen LogP contribution in [0.5, 0.6) is 0 Å². The van der Waals surface area contributed by atoms with Crippen LogP contribution in [0.2, 0.25) is 0 Å². The molecule has 1 aromatic heterocycles. The number of amides is 3. The van der Waals surface area contributed by atoms with Crippen molar-refractivity contribution in [1.82, 2.24) is 21.1 Å². The molecule has 12 heteroatoms. The van der Waals surface area contributed by atoms with E-state index in [2.05, 4.69) is 21.1 Å². The van der Waals surface area contributed by atoms with Gasteiger partial charge in [0.15, 0.2) is 5.69 Å². The second kappa shape index (κ2) is 14.6. The van der Waals surface area contributed by atoms with Crippen LogP contribution in [0.3, 0.4) is 0 Å². The van der Waals surface area contributed by atoms with Crippen LogP contribution >= 0.6 is 0 Å². The van der Waals surface area contributed by atoms with E-state index in [9.17, 15) is 28.8 Å². The van der Waals surface area contributed by atoms with Crippen LogP contribution in [0.1, 0.15) is 54.4 Å². The lowest BCUT2D eigenvalue weighted by Crippen LogP contribution is -2.51. The van der Waals surface area contributed by atoms with Gasteiger partial charge in [-0.2, -0.15) is 5.26 Å². The highest BCUT2D eigenvalue weighted by Gasteiger charge is 2.30. The third-order valence-corrected chi connectivity index (χ3v) is 6.25. The predicted molar refractivity (Wildman–Crippen MR) is 140 cm³/mol. The molecule has 0 radical (unpaired) electrons. The van der Waals surface area contributed by atoms with Crippen LogP contribution in [0.15, 0.2) is 46.5 Å². The minimum Gasteiger partial charge on any atom is -0.462 e. The quantitative estimate of drug-likeness (QED) is 0.205. The number of nitrogens with one attached hydrogen (secondary N) is 3. The first kappa shape index (κ1) is 30.0. The Kier molecular flexibility index (Phi) is 10.9. The number of halogens is 1. The van der Waals surface area contributed by atoms with Crippen LogP contribution in [-0.2, 0) is 25.5 Å². The van der Waals surface area contributed by atoms with E-state index >= 15 is 0 Å². The van der Waals surface area contributed by atoms with Crippen LogP contribution in [0, 0.1) is 30.0 Å². The summed E-state index contributed by atoms with van der Waals surface area (Å²) in [7, 11) is 0. The van der Waals surface area contributed by atoms with Crippen molar-refractivity contribution in [2.45, 2.75) is 58.0 Å². The lowest BCUT2D eigenvalue weighted by molar-refractivity contribution is -0.138. The number of rotatable bonds is 12. The number of ether oxygens (including phenoxy) is 1. The maximum Gasteiger partial charge on any atom is 0.348 e. The molecule has 1 aliphatic rings. The first-order valence-corrected chi connectivity index (χ1v) is 13.1. The van der Waals surface area contributed by atoms with Gasteiger partial charge in [-0.1, -0.05) is 24.2 Å². The number of carbonyl (C=O) groups excluding carboxylic acids is 4. The SMILES string of the molecule is CCCOC(=O)/C(C#N)=C/[C@H](C[C@@H]1CCCNC1=O)NC(=O)[C@H](Cc1ccc(F)cc1)NC(=O)c1cc(C)on1. The molecule has 3 rings (SSSR count). The minimum absolute atomic E-state index is 0.00130. The van der Waals surface area contributed by atoms with Gasteiger partial charge in [0.2, 0.25) is 11.8 Å². The Morgan fingerprint density at radius 2 is 2.05 bits per heavy atom. The fourth-order valence-corrected chi connectivity index (χ4v) is 4.21. The van der Waals surface area contributed by atoms with Crippen LogP contribution < -0.4 is 16.0 Å². The zero-order chi connectivity index (χ0) is 29.1. The highest BCUT2D eigenvalue weighted by atomic mass is 19.1. The zero-order valence-electron chi connectivity index (χ0n) is 22.4. The van der Waals surface area contributed by atoms with Crippen molar-refractivity contribution >= 4 is 23.7 Å². The Bertz CT molecular complexity index is 1280. The lowest BCUT2D eigenvalue weighted by atomic mass is 9.90. The molecule has 1 aromatic carbocycles. The Hall–Kier alpha value is -4.53. The van der Waals surface area contributed by atoms with E-state index in [1.54, 1.807) is 13.0 Å². The van der Waals surface area contributed by atoms with E-state index in [0.717, 1.165) is 6.42 Å². The molecule has 3 amide bonds. The number of nitriles is 1. The van der Waals surface area contributed by atoms with Crippen molar-refractivity contribution in [2.75, 3.05) is 13.2 Å². The maximum absolute atomic E-state index is 13.6. The largest absolute Gasteiger partial charge is 0.462 e. The molecule has 0 saturated carbocycles. The third kappa shape index (κ3) is 8.76. The number of aryl methyl sites for hydroxylation is 1. The minimum atomic E-state index is -1.15. The number of benzene rings is 1. The van der Waals surface area contributed by atoms with Gasteiger partial charge in [0, 0.05) is 31.0 Å². The number of aromatic nitrogens is 1. The first-order valence-electron chi connectivity index (χ1n) is 13.1. The van der Waals surface area contributed by atoms with E-state index in [0.29, 0.717) is 30.7 Å². The Morgan fingerprint density at radius 3 is 2.67 bits per heavy atom. The summed E-state index contributed by atoms with van der Waals surface area (Å²) in [5, 5.41) is 21.4. The molecule has 1 aliphatic heterocycles. The summed E-state index contributed by atoms with van der Waals surface area (Å²) in [6.45, 7) is 4.09. The topological polar surface area (TPSA) is 163 Å². The van der Waals surface area contributed by atoms with Crippen molar-refractivity contribution in [3.05, 3.63) is 64.8 Å². The normalized spacial score (nSPS) is 16.7. The predicted octanol–water partition coefficient (Wildman–Crippen LogP) is 2.27. The molecule has 0 unspecified atom stereocenters. The molecular formula is C28H32FN5O6. The number of hydrogen-bond acceptors (Lipinski definition) is 8. The number of nitrogens with zero attached hydrogens (tertiary/aromatic N) is 2. The van der Waals surface area contributed by atoms with E-state index in [1.165, 1.54) is 36.4 Å². The standard InChI is InChI=1S/C28H32FN5O6/c1-3-11-39-28(38)20(16-30)15-22(14-19-5-4-10-31-25(19)35)32-26(36)23(13-18-6-8-21(29)9-7-18)33-27(37)24-12-17(2)40-34-24/h6-9,12,15,19,22-23H,3-5,10-11,13-14H2,1-2H3,(H,31,35)(H,32,36)(H,33,37)/b20-15+/t19-,22-,23-/m0/s1. The van der Waals surface area contributed by atoms with E-state index in [4.69, 9.17) is 9.26 Å². The molecular weight excluding hydrogens is 521 g/mol. The van der Waals surface area contributed by atoms with Crippen molar-refractivity contribution in [3.63, 3.8) is 0 Å². The maximum atomic E-state index is 13.6. The summed E-state index contributed by atoms with van der Waals surface area (Å²) in [6.07, 6.45) is 3.25. The van der Waals surface area contributed by atoms with Gasteiger partial charge in [-0.25, -0.2) is 9.18 Å². The molecule has 0 spiro atoms. The fourth-order valence-electron chi connectivity index (χ4n) is 4.21. The molecule has 40 heavy (non-hydrogen) atoms. The highest BCUT2D eigenvalue weighted by molar-refractivity contribution is 5.96. The molecule has 212 valence electrons. The molecule has 0 aliphatic carbocycles. The summed E-state index contributed by atoms with van der Waals surface area (Å²) in [5.41, 5.74) is 0.222. The zero-order valence-corrected chi connectivity index (χ0v) is 22.4. The van der Waals surface area contributed by atoms with E-state index in [1.807, 2.05) is 6.92 Å². The second-order valence-electron chi connectivity index (χ2n) is 9.49. The molecule has 1 saturated heterocycles. The molecule has 3 N–H and O–H groups in total. The van der Waals surface area contributed by atoms with Crippen LogP contribution in [0.25, 0.3) is 0 Å². The average molecular weight is 554 g/mol.